The van der Waals surface area contributed by atoms with Gasteiger partial charge in [-0.25, -0.2) is 0 Å². The summed E-state index contributed by atoms with van der Waals surface area (Å²) >= 11 is 0. The first-order valence-electron chi connectivity index (χ1n) is 10.3. The van der Waals surface area contributed by atoms with Crippen LogP contribution in [0.2, 0.25) is 0 Å². The summed E-state index contributed by atoms with van der Waals surface area (Å²) < 4.78 is 0. The summed E-state index contributed by atoms with van der Waals surface area (Å²) in [5, 5.41) is 3.32. The topological polar surface area (TPSA) is 81.3 Å². The highest BCUT2D eigenvalue weighted by atomic mass is 16.2. The molecule has 1 amide bonds. The van der Waals surface area contributed by atoms with E-state index in [0.717, 1.165) is 37.2 Å². The normalized spacial score (nSPS) is 19.9. The van der Waals surface area contributed by atoms with Crippen LogP contribution in [0.25, 0.3) is 11.1 Å². The Labute approximate surface area is 170 Å². The Kier molecular flexibility index (Phi) is 6.05. The van der Waals surface area contributed by atoms with Crippen LogP contribution in [0.4, 0.5) is 5.69 Å². The number of hydrogen-bond donors (Lipinski definition) is 2. The Morgan fingerprint density at radius 1 is 1.21 bits per heavy atom. The van der Waals surface area contributed by atoms with Crippen molar-refractivity contribution in [1.82, 2.24) is 19.8 Å². The largest absolute Gasteiger partial charge is 0.376 e. The lowest BCUT2D eigenvalue weighted by Gasteiger charge is -2.16. The van der Waals surface area contributed by atoms with Gasteiger partial charge in [-0.3, -0.25) is 19.5 Å². The fourth-order valence-corrected chi connectivity index (χ4v) is 3.97. The molecule has 29 heavy (non-hydrogen) atoms. The van der Waals surface area contributed by atoms with Gasteiger partial charge in [-0.15, -0.1) is 0 Å². The van der Waals surface area contributed by atoms with Crippen molar-refractivity contribution in [2.24, 2.45) is 0 Å². The Morgan fingerprint density at radius 2 is 2.00 bits per heavy atom. The number of rotatable bonds is 6. The van der Waals surface area contributed by atoms with E-state index >= 15 is 0 Å². The van der Waals surface area contributed by atoms with Gasteiger partial charge in [0.05, 0.1) is 0 Å². The molecule has 2 saturated heterocycles. The Balaban J connectivity index is 1.34. The van der Waals surface area contributed by atoms with E-state index in [0.29, 0.717) is 18.8 Å². The van der Waals surface area contributed by atoms with Gasteiger partial charge in [0.1, 0.15) is 5.69 Å². The SMILES string of the molecule is O=C(/C=C/CN1CCCC1)N1CCC(Nc2cc(-c3ccncc3)c[nH]c2=O)C1. The third kappa shape index (κ3) is 4.92. The van der Waals surface area contributed by atoms with E-state index in [9.17, 15) is 9.59 Å². The number of anilines is 1. The van der Waals surface area contributed by atoms with Crippen LogP contribution >= 0.6 is 0 Å². The van der Waals surface area contributed by atoms with Gasteiger partial charge < -0.3 is 15.2 Å². The smallest absolute Gasteiger partial charge is 0.271 e. The van der Waals surface area contributed by atoms with Crippen molar-refractivity contribution in [3.05, 3.63) is 59.3 Å². The van der Waals surface area contributed by atoms with E-state index in [1.54, 1.807) is 24.7 Å². The van der Waals surface area contributed by atoms with Crippen molar-refractivity contribution in [1.29, 1.82) is 0 Å². The van der Waals surface area contributed by atoms with Crippen LogP contribution in [0.1, 0.15) is 19.3 Å². The zero-order valence-corrected chi connectivity index (χ0v) is 16.5. The van der Waals surface area contributed by atoms with E-state index in [2.05, 4.69) is 20.2 Å². The summed E-state index contributed by atoms with van der Waals surface area (Å²) in [6, 6.07) is 5.73. The van der Waals surface area contributed by atoms with Crippen molar-refractivity contribution in [3.63, 3.8) is 0 Å². The van der Waals surface area contributed by atoms with Crippen molar-refractivity contribution in [2.45, 2.75) is 25.3 Å². The maximum Gasteiger partial charge on any atom is 0.271 e. The Hall–Kier alpha value is -2.93. The van der Waals surface area contributed by atoms with Crippen LogP contribution in [0.15, 0.2) is 53.7 Å². The van der Waals surface area contributed by atoms with Crippen LogP contribution in [0, 0.1) is 0 Å². The van der Waals surface area contributed by atoms with Gasteiger partial charge in [0.2, 0.25) is 5.91 Å². The second-order valence-electron chi connectivity index (χ2n) is 7.69. The van der Waals surface area contributed by atoms with Crippen LogP contribution in [0.3, 0.4) is 0 Å². The number of carbonyl (C=O) groups excluding carboxylic acids is 1. The molecular formula is C22H27N5O2. The second kappa shape index (κ2) is 9.05. The standard InChI is InChI=1S/C22H27N5O2/c28-21(4-3-12-26-10-1-2-11-26)27-13-7-19(16-27)25-20-14-18(15-24-22(20)29)17-5-8-23-9-6-17/h3-6,8-9,14-15,19,25H,1-2,7,10-13,16H2,(H,24,29)/b4-3+. The fraction of sp³-hybridized carbons (Fsp3) is 0.409. The molecule has 1 unspecified atom stereocenters. The monoisotopic (exact) mass is 393 g/mol. The zero-order chi connectivity index (χ0) is 20.1. The number of aromatic nitrogens is 2. The first-order chi connectivity index (χ1) is 14.2. The minimum absolute atomic E-state index is 0.0490. The number of aromatic amines is 1. The molecule has 1 atom stereocenters. The quantitative estimate of drug-likeness (QED) is 0.735. The number of pyridine rings is 2. The van der Waals surface area contributed by atoms with E-state index in [1.165, 1.54) is 12.8 Å². The maximum atomic E-state index is 12.4. The van der Waals surface area contributed by atoms with Crippen LogP contribution in [-0.2, 0) is 4.79 Å². The molecule has 7 nitrogen and oxygen atoms in total. The van der Waals surface area contributed by atoms with E-state index in [-0.39, 0.29) is 17.5 Å². The minimum atomic E-state index is -0.155. The van der Waals surface area contributed by atoms with Gasteiger partial charge in [0, 0.05) is 55.9 Å². The number of H-pyrrole nitrogens is 1. The molecular weight excluding hydrogens is 366 g/mol. The predicted octanol–water partition coefficient (Wildman–Crippen LogP) is 2.10. The molecule has 0 aliphatic carbocycles. The molecule has 0 saturated carbocycles. The number of hydrogen-bond acceptors (Lipinski definition) is 5. The summed E-state index contributed by atoms with van der Waals surface area (Å²) in [6.07, 6.45) is 12.2. The zero-order valence-electron chi connectivity index (χ0n) is 16.5. The number of carbonyl (C=O) groups is 1. The van der Waals surface area contributed by atoms with Crippen molar-refractivity contribution < 1.29 is 4.79 Å². The molecule has 0 aromatic carbocycles. The summed E-state index contributed by atoms with van der Waals surface area (Å²) in [5.41, 5.74) is 2.29. The molecule has 2 aliphatic rings. The minimum Gasteiger partial charge on any atom is -0.376 e. The van der Waals surface area contributed by atoms with Crippen molar-refractivity contribution >= 4 is 11.6 Å². The van der Waals surface area contributed by atoms with Crippen LogP contribution in [0.5, 0.6) is 0 Å². The number of nitrogens with one attached hydrogen (secondary N) is 2. The third-order valence-corrected chi connectivity index (χ3v) is 5.60. The molecule has 152 valence electrons. The summed E-state index contributed by atoms with van der Waals surface area (Å²) in [4.78, 5) is 35.7. The average molecular weight is 393 g/mol. The molecule has 0 spiro atoms. The van der Waals surface area contributed by atoms with Crippen LogP contribution in [-0.4, -0.2) is 64.4 Å². The van der Waals surface area contributed by atoms with Crippen LogP contribution < -0.4 is 10.9 Å². The highest BCUT2D eigenvalue weighted by Crippen LogP contribution is 2.20. The molecule has 4 heterocycles. The fourth-order valence-electron chi connectivity index (χ4n) is 3.97. The summed E-state index contributed by atoms with van der Waals surface area (Å²) in [7, 11) is 0. The number of amides is 1. The van der Waals surface area contributed by atoms with E-state index in [1.807, 2.05) is 29.2 Å². The van der Waals surface area contributed by atoms with Gasteiger partial charge in [-0.1, -0.05) is 6.08 Å². The van der Waals surface area contributed by atoms with E-state index in [4.69, 9.17) is 0 Å². The maximum absolute atomic E-state index is 12.4. The average Bonchev–Trinajstić information content (AvgIpc) is 3.42. The molecule has 0 radical (unpaired) electrons. The van der Waals surface area contributed by atoms with Gasteiger partial charge in [-0.05, 0) is 56.1 Å². The van der Waals surface area contributed by atoms with Crippen molar-refractivity contribution in [2.75, 3.05) is 38.0 Å². The number of likely N-dealkylation sites (tertiary alicyclic amines) is 2. The Morgan fingerprint density at radius 3 is 2.79 bits per heavy atom. The molecule has 2 aromatic rings. The van der Waals surface area contributed by atoms with Gasteiger partial charge in [0.25, 0.3) is 5.56 Å². The van der Waals surface area contributed by atoms with E-state index < -0.39 is 0 Å². The predicted molar refractivity (Wildman–Crippen MR) is 114 cm³/mol. The molecule has 4 rings (SSSR count). The molecule has 2 N–H and O–H groups in total. The highest BCUT2D eigenvalue weighted by molar-refractivity contribution is 5.87. The number of nitrogens with zero attached hydrogens (tertiary/aromatic N) is 3. The first-order valence-corrected chi connectivity index (χ1v) is 10.3. The molecule has 2 fully saturated rings. The molecule has 2 aliphatic heterocycles. The molecule has 0 bridgehead atoms. The summed E-state index contributed by atoms with van der Waals surface area (Å²) in [5.74, 6) is 0.0490. The van der Waals surface area contributed by atoms with Gasteiger partial charge >= 0.3 is 0 Å². The second-order valence-corrected chi connectivity index (χ2v) is 7.69. The lowest BCUT2D eigenvalue weighted by molar-refractivity contribution is -0.125. The van der Waals surface area contributed by atoms with Crippen molar-refractivity contribution in [3.8, 4) is 11.1 Å². The molecule has 2 aromatic heterocycles. The third-order valence-electron chi connectivity index (χ3n) is 5.60. The lowest BCUT2D eigenvalue weighted by Crippen LogP contribution is -2.31. The molecule has 7 heteroatoms. The van der Waals surface area contributed by atoms with Gasteiger partial charge in [0.15, 0.2) is 0 Å². The Bertz CT molecular complexity index is 918. The summed E-state index contributed by atoms with van der Waals surface area (Å²) in [6.45, 7) is 4.40. The lowest BCUT2D eigenvalue weighted by atomic mass is 10.1. The first kappa shape index (κ1) is 19.4. The highest BCUT2D eigenvalue weighted by Gasteiger charge is 2.25. The van der Waals surface area contributed by atoms with Gasteiger partial charge in [-0.2, -0.15) is 0 Å².